The van der Waals surface area contributed by atoms with E-state index in [0.29, 0.717) is 11.4 Å². The van der Waals surface area contributed by atoms with E-state index in [1.54, 1.807) is 18.7 Å². The first kappa shape index (κ1) is 24.7. The van der Waals surface area contributed by atoms with Gasteiger partial charge in [0, 0.05) is 18.2 Å². The molecule has 0 aliphatic carbocycles. The molecule has 0 bridgehead atoms. The van der Waals surface area contributed by atoms with E-state index in [-0.39, 0.29) is 22.6 Å². The second-order valence-electron chi connectivity index (χ2n) is 8.20. The lowest BCUT2D eigenvalue weighted by Gasteiger charge is -2.06. The largest absolute Gasteiger partial charge is 0.504 e. The number of aryl methyl sites for hydroxylation is 2. The van der Waals surface area contributed by atoms with E-state index >= 15 is 0 Å². The highest BCUT2D eigenvalue weighted by Crippen LogP contribution is 2.32. The van der Waals surface area contributed by atoms with Crippen LogP contribution in [0.2, 0.25) is 0 Å². The van der Waals surface area contributed by atoms with E-state index < -0.39 is 11.9 Å². The number of amides is 1. The second-order valence-corrected chi connectivity index (χ2v) is 8.20. The summed E-state index contributed by atoms with van der Waals surface area (Å²) in [5.41, 5.74) is 6.05. The molecule has 0 aliphatic rings. The molecule has 0 unspecified atom stereocenters. The third-order valence-corrected chi connectivity index (χ3v) is 5.63. The van der Waals surface area contributed by atoms with Crippen molar-refractivity contribution >= 4 is 17.6 Å². The number of nitrogens with one attached hydrogen (secondary N) is 1. The van der Waals surface area contributed by atoms with Crippen LogP contribution in [0.15, 0.2) is 53.6 Å². The van der Waals surface area contributed by atoms with Gasteiger partial charge in [-0.1, -0.05) is 50.5 Å². The first-order valence-corrected chi connectivity index (χ1v) is 11.4. The summed E-state index contributed by atoms with van der Waals surface area (Å²) in [4.78, 5) is 23.3. The normalized spacial score (nSPS) is 11.4. The van der Waals surface area contributed by atoms with Gasteiger partial charge in [-0.2, -0.15) is 10.2 Å². The number of carbonyl (C=O) groups is 2. The van der Waals surface area contributed by atoms with Gasteiger partial charge in [0.2, 0.25) is 0 Å². The zero-order chi connectivity index (χ0) is 24.7. The molecule has 0 aliphatic heterocycles. The number of carbonyl (C=O) groups excluding carboxylic acids is 1. The number of rotatable bonds is 10. The van der Waals surface area contributed by atoms with Gasteiger partial charge >= 0.3 is 5.97 Å². The van der Waals surface area contributed by atoms with E-state index in [2.05, 4.69) is 34.7 Å². The molecular weight excluding hydrogens is 432 g/mol. The third-order valence-electron chi connectivity index (χ3n) is 5.63. The summed E-state index contributed by atoms with van der Waals surface area (Å²) < 4.78 is 1.59. The van der Waals surface area contributed by atoms with E-state index in [4.69, 9.17) is 5.11 Å². The minimum absolute atomic E-state index is 0.0143. The van der Waals surface area contributed by atoms with Gasteiger partial charge in [0.05, 0.1) is 11.3 Å². The highest BCUT2D eigenvalue weighted by molar-refractivity contribution is 6.02. The van der Waals surface area contributed by atoms with Gasteiger partial charge in [0.15, 0.2) is 11.4 Å². The maximum Gasteiger partial charge on any atom is 0.335 e. The Morgan fingerprint density at radius 2 is 1.65 bits per heavy atom. The number of aromatic carboxylic acids is 1. The van der Waals surface area contributed by atoms with Crippen molar-refractivity contribution in [3.05, 3.63) is 70.9 Å². The molecule has 0 saturated carbocycles. The predicted molar refractivity (Wildman–Crippen MR) is 131 cm³/mol. The van der Waals surface area contributed by atoms with Crippen LogP contribution in [-0.4, -0.2) is 37.6 Å². The Balaban J connectivity index is 1.71. The number of benzene rings is 2. The molecule has 34 heavy (non-hydrogen) atoms. The molecule has 1 heterocycles. The summed E-state index contributed by atoms with van der Waals surface area (Å²) in [7, 11) is 1.74. The number of hydrogen-bond acceptors (Lipinski definition) is 5. The fraction of sp³-hybridized carbons (Fsp3) is 0.308. The van der Waals surface area contributed by atoms with Crippen LogP contribution in [-0.2, 0) is 13.5 Å². The van der Waals surface area contributed by atoms with Crippen LogP contribution in [0.1, 0.15) is 71.5 Å². The molecule has 3 rings (SSSR count). The monoisotopic (exact) mass is 462 g/mol. The molecule has 8 nitrogen and oxygen atoms in total. The zero-order valence-corrected chi connectivity index (χ0v) is 19.7. The Morgan fingerprint density at radius 1 is 1.00 bits per heavy atom. The number of aromatic nitrogens is 2. The topological polar surface area (TPSA) is 117 Å². The van der Waals surface area contributed by atoms with Gasteiger partial charge in [0.25, 0.3) is 5.91 Å². The van der Waals surface area contributed by atoms with Crippen molar-refractivity contribution < 1.29 is 19.8 Å². The molecule has 0 radical (unpaired) electrons. The first-order valence-electron chi connectivity index (χ1n) is 11.4. The van der Waals surface area contributed by atoms with Gasteiger partial charge in [-0.25, -0.2) is 10.2 Å². The summed E-state index contributed by atoms with van der Waals surface area (Å²) >= 11 is 0. The lowest BCUT2D eigenvalue weighted by molar-refractivity contribution is 0.0696. The smallest absolute Gasteiger partial charge is 0.335 e. The summed E-state index contributed by atoms with van der Waals surface area (Å²) in [6, 6.07) is 13.6. The van der Waals surface area contributed by atoms with Crippen molar-refractivity contribution in [3.8, 4) is 17.0 Å². The Morgan fingerprint density at radius 3 is 2.26 bits per heavy atom. The highest BCUT2D eigenvalue weighted by atomic mass is 16.4. The molecule has 0 saturated heterocycles. The average Bonchev–Trinajstić information content (AvgIpc) is 3.14. The van der Waals surface area contributed by atoms with Crippen molar-refractivity contribution in [2.24, 2.45) is 12.1 Å². The number of hydrazone groups is 1. The second kappa shape index (κ2) is 11.3. The number of carboxylic acids is 1. The minimum Gasteiger partial charge on any atom is -0.504 e. The average molecular weight is 463 g/mol. The highest BCUT2D eigenvalue weighted by Gasteiger charge is 2.19. The molecule has 0 spiro atoms. The van der Waals surface area contributed by atoms with Gasteiger partial charge in [-0.3, -0.25) is 9.48 Å². The molecule has 2 aromatic carbocycles. The quantitative estimate of drug-likeness (QED) is 0.228. The summed E-state index contributed by atoms with van der Waals surface area (Å²) in [5, 5.41) is 28.2. The third kappa shape index (κ3) is 5.89. The molecule has 1 aromatic heterocycles. The Kier molecular flexibility index (Phi) is 8.19. The molecule has 0 fully saturated rings. The molecule has 1 amide bonds. The van der Waals surface area contributed by atoms with Crippen LogP contribution >= 0.6 is 0 Å². The predicted octanol–water partition coefficient (Wildman–Crippen LogP) is 4.77. The molecule has 3 aromatic rings. The summed E-state index contributed by atoms with van der Waals surface area (Å²) in [6.07, 6.45) is 5.90. The SMILES string of the molecule is CCCCCCc1ccc(-c2c(O)c(C(C)=NNC(=O)c3ccc(C(=O)O)cc3)nn2C)cc1. The van der Waals surface area contributed by atoms with Gasteiger partial charge < -0.3 is 10.2 Å². The fourth-order valence-corrected chi connectivity index (χ4v) is 3.68. The van der Waals surface area contributed by atoms with Crippen LogP contribution in [0.5, 0.6) is 5.75 Å². The maximum atomic E-state index is 12.3. The van der Waals surface area contributed by atoms with Crippen LogP contribution in [0.3, 0.4) is 0 Å². The van der Waals surface area contributed by atoms with E-state index in [9.17, 15) is 14.7 Å². The Labute approximate surface area is 198 Å². The van der Waals surface area contributed by atoms with Crippen LogP contribution in [0, 0.1) is 0 Å². The molecule has 0 atom stereocenters. The Hall–Kier alpha value is -3.94. The lowest BCUT2D eigenvalue weighted by Crippen LogP contribution is -2.19. The van der Waals surface area contributed by atoms with Crippen molar-refractivity contribution in [2.75, 3.05) is 0 Å². The Bertz CT molecular complexity index is 1180. The van der Waals surface area contributed by atoms with Crippen LogP contribution in [0.4, 0.5) is 0 Å². The van der Waals surface area contributed by atoms with Crippen LogP contribution < -0.4 is 5.43 Å². The van der Waals surface area contributed by atoms with Crippen molar-refractivity contribution in [2.45, 2.75) is 46.0 Å². The summed E-state index contributed by atoms with van der Waals surface area (Å²) in [5.74, 6) is -1.58. The lowest BCUT2D eigenvalue weighted by atomic mass is 10.0. The zero-order valence-electron chi connectivity index (χ0n) is 19.7. The molecule has 8 heteroatoms. The minimum atomic E-state index is -1.07. The van der Waals surface area contributed by atoms with Gasteiger partial charge in [0.1, 0.15) is 5.69 Å². The van der Waals surface area contributed by atoms with E-state index in [1.165, 1.54) is 55.5 Å². The van der Waals surface area contributed by atoms with Gasteiger partial charge in [-0.15, -0.1) is 0 Å². The number of hydrogen-bond donors (Lipinski definition) is 3. The first-order chi connectivity index (χ1) is 16.3. The molecular formula is C26H30N4O4. The molecule has 3 N–H and O–H groups in total. The maximum absolute atomic E-state index is 12.3. The standard InChI is InChI=1S/C26H30N4O4/c1-4-5-6-7-8-18-9-11-19(12-10-18)23-24(31)22(29-30(23)3)17(2)27-28-25(32)20-13-15-21(16-14-20)26(33)34/h9-16,31H,4-8H2,1-3H3,(H,28,32)(H,33,34). The van der Waals surface area contributed by atoms with Crippen molar-refractivity contribution in [3.63, 3.8) is 0 Å². The van der Waals surface area contributed by atoms with Crippen molar-refractivity contribution in [1.82, 2.24) is 15.2 Å². The molecule has 178 valence electrons. The number of aromatic hydroxyl groups is 1. The van der Waals surface area contributed by atoms with E-state index in [1.807, 2.05) is 12.1 Å². The number of nitrogens with zero attached hydrogens (tertiary/aromatic N) is 3. The van der Waals surface area contributed by atoms with Crippen molar-refractivity contribution in [1.29, 1.82) is 0 Å². The number of carboxylic acid groups (broad SMARTS) is 1. The summed E-state index contributed by atoms with van der Waals surface area (Å²) in [6.45, 7) is 3.84. The number of unbranched alkanes of at least 4 members (excludes halogenated alkanes) is 3. The fourth-order valence-electron chi connectivity index (χ4n) is 3.68. The van der Waals surface area contributed by atoms with Gasteiger partial charge in [-0.05, 0) is 49.6 Å². The van der Waals surface area contributed by atoms with Crippen LogP contribution in [0.25, 0.3) is 11.3 Å². The van der Waals surface area contributed by atoms with E-state index in [0.717, 1.165) is 12.0 Å².